The molecule has 0 bridgehead atoms. The number of nitrogens with zero attached hydrogens (tertiary/aromatic N) is 3. The molecule has 0 spiro atoms. The molecule has 2 aliphatic heterocycles. The van der Waals surface area contributed by atoms with E-state index < -0.39 is 0 Å². The zero-order valence-electron chi connectivity index (χ0n) is 14.3. The summed E-state index contributed by atoms with van der Waals surface area (Å²) in [6.07, 6.45) is 4.96. The maximum Gasteiger partial charge on any atom is 0.236 e. The van der Waals surface area contributed by atoms with Gasteiger partial charge in [0.25, 0.3) is 0 Å². The van der Waals surface area contributed by atoms with Gasteiger partial charge < -0.3 is 9.80 Å². The van der Waals surface area contributed by atoms with Gasteiger partial charge in [-0.25, -0.2) is 0 Å². The summed E-state index contributed by atoms with van der Waals surface area (Å²) in [7, 11) is 0. The SMILES string of the molecule is O=C(Cc1ccsc1)N1CCCN(CC(=O)N2CCCCC2)CC1. The highest BCUT2D eigenvalue weighted by Crippen LogP contribution is 2.12. The predicted octanol–water partition coefficient (Wildman–Crippen LogP) is 1.84. The summed E-state index contributed by atoms with van der Waals surface area (Å²) in [5.74, 6) is 0.463. The van der Waals surface area contributed by atoms with Crippen LogP contribution < -0.4 is 0 Å². The summed E-state index contributed by atoms with van der Waals surface area (Å²) in [5, 5.41) is 4.05. The smallest absolute Gasteiger partial charge is 0.236 e. The molecule has 0 unspecified atom stereocenters. The van der Waals surface area contributed by atoms with Crippen LogP contribution in [0.3, 0.4) is 0 Å². The molecule has 6 heteroatoms. The van der Waals surface area contributed by atoms with Crippen LogP contribution in [0.1, 0.15) is 31.2 Å². The van der Waals surface area contributed by atoms with Gasteiger partial charge in [-0.15, -0.1) is 0 Å². The van der Waals surface area contributed by atoms with Crippen molar-refractivity contribution in [3.05, 3.63) is 22.4 Å². The van der Waals surface area contributed by atoms with E-state index in [1.165, 1.54) is 6.42 Å². The zero-order chi connectivity index (χ0) is 16.8. The summed E-state index contributed by atoms with van der Waals surface area (Å²) in [6, 6.07) is 2.02. The average Bonchev–Trinajstić information content (AvgIpc) is 3.00. The van der Waals surface area contributed by atoms with Crippen molar-refractivity contribution in [1.29, 1.82) is 0 Å². The molecule has 3 heterocycles. The van der Waals surface area contributed by atoms with Crippen LogP contribution in [0.15, 0.2) is 16.8 Å². The number of piperidine rings is 1. The average molecular weight is 350 g/mol. The number of hydrogen-bond acceptors (Lipinski definition) is 4. The van der Waals surface area contributed by atoms with E-state index in [9.17, 15) is 9.59 Å². The zero-order valence-corrected chi connectivity index (χ0v) is 15.1. The molecule has 0 N–H and O–H groups in total. The monoisotopic (exact) mass is 349 g/mol. The van der Waals surface area contributed by atoms with Gasteiger partial charge in [0, 0.05) is 39.3 Å². The van der Waals surface area contributed by atoms with Crippen molar-refractivity contribution < 1.29 is 9.59 Å². The van der Waals surface area contributed by atoms with E-state index in [1.54, 1.807) is 11.3 Å². The molecule has 0 aromatic carbocycles. The lowest BCUT2D eigenvalue weighted by Crippen LogP contribution is -2.44. The number of thiophene rings is 1. The Morgan fingerprint density at radius 3 is 2.38 bits per heavy atom. The fourth-order valence-electron chi connectivity index (χ4n) is 3.49. The Bertz CT molecular complexity index is 540. The predicted molar refractivity (Wildman–Crippen MR) is 96.1 cm³/mol. The van der Waals surface area contributed by atoms with E-state index in [0.717, 1.165) is 64.1 Å². The van der Waals surface area contributed by atoms with Gasteiger partial charge in [0.15, 0.2) is 0 Å². The van der Waals surface area contributed by atoms with Gasteiger partial charge in [-0.2, -0.15) is 11.3 Å². The normalized spacial score (nSPS) is 20.0. The Labute approximate surface area is 148 Å². The third kappa shape index (κ3) is 4.80. The van der Waals surface area contributed by atoms with Crippen LogP contribution in [0.5, 0.6) is 0 Å². The molecule has 1 aromatic rings. The Balaban J connectivity index is 1.46. The second kappa shape index (κ2) is 8.62. The third-order valence-corrected chi connectivity index (χ3v) is 5.68. The van der Waals surface area contributed by atoms with E-state index in [0.29, 0.717) is 13.0 Å². The summed E-state index contributed by atoms with van der Waals surface area (Å²) < 4.78 is 0. The molecular weight excluding hydrogens is 322 g/mol. The van der Waals surface area contributed by atoms with E-state index >= 15 is 0 Å². The highest BCUT2D eigenvalue weighted by molar-refractivity contribution is 7.08. The standard InChI is InChI=1S/C18H27N3O2S/c22-17(13-16-5-12-24-15-16)21-9-4-6-19(10-11-21)14-18(23)20-7-2-1-3-8-20/h5,12,15H,1-4,6-11,13-14H2. The first-order chi connectivity index (χ1) is 11.7. The fraction of sp³-hybridized carbons (Fsp3) is 0.667. The molecule has 0 saturated carbocycles. The summed E-state index contributed by atoms with van der Waals surface area (Å²) in [5.41, 5.74) is 1.10. The molecule has 1 aromatic heterocycles. The molecule has 2 fully saturated rings. The van der Waals surface area contributed by atoms with E-state index in [-0.39, 0.29) is 11.8 Å². The molecular formula is C18H27N3O2S. The van der Waals surface area contributed by atoms with Crippen molar-refractivity contribution in [2.24, 2.45) is 0 Å². The Hall–Kier alpha value is -1.40. The van der Waals surface area contributed by atoms with E-state index in [2.05, 4.69) is 4.90 Å². The van der Waals surface area contributed by atoms with Crippen LogP contribution in [0, 0.1) is 0 Å². The summed E-state index contributed by atoms with van der Waals surface area (Å²) in [6.45, 7) is 5.58. The van der Waals surface area contributed by atoms with Crippen LogP contribution in [-0.4, -0.2) is 72.3 Å². The van der Waals surface area contributed by atoms with Gasteiger partial charge in [0.05, 0.1) is 13.0 Å². The number of hydrogen-bond donors (Lipinski definition) is 0. The lowest BCUT2D eigenvalue weighted by Gasteiger charge is -2.29. The lowest BCUT2D eigenvalue weighted by molar-refractivity contribution is -0.133. The van der Waals surface area contributed by atoms with Crippen molar-refractivity contribution in [1.82, 2.24) is 14.7 Å². The van der Waals surface area contributed by atoms with E-state index in [4.69, 9.17) is 0 Å². The van der Waals surface area contributed by atoms with E-state index in [1.807, 2.05) is 26.6 Å². The number of rotatable bonds is 4. The van der Waals surface area contributed by atoms with Crippen molar-refractivity contribution in [3.8, 4) is 0 Å². The van der Waals surface area contributed by atoms with Crippen molar-refractivity contribution in [2.45, 2.75) is 32.1 Å². The van der Waals surface area contributed by atoms with Crippen LogP contribution in [0.25, 0.3) is 0 Å². The molecule has 0 aliphatic carbocycles. The maximum atomic E-state index is 12.4. The van der Waals surface area contributed by atoms with Crippen molar-refractivity contribution in [3.63, 3.8) is 0 Å². The Morgan fingerprint density at radius 1 is 0.875 bits per heavy atom. The molecule has 2 amide bonds. The van der Waals surface area contributed by atoms with Gasteiger partial charge in [0.2, 0.25) is 11.8 Å². The van der Waals surface area contributed by atoms with Gasteiger partial charge in [-0.05, 0) is 48.1 Å². The summed E-state index contributed by atoms with van der Waals surface area (Å²) >= 11 is 1.63. The molecule has 3 rings (SSSR count). The second-order valence-corrected chi connectivity index (χ2v) is 7.54. The maximum absolute atomic E-state index is 12.4. The van der Waals surface area contributed by atoms with Crippen LogP contribution in [0.4, 0.5) is 0 Å². The van der Waals surface area contributed by atoms with Crippen molar-refractivity contribution >= 4 is 23.2 Å². The second-order valence-electron chi connectivity index (χ2n) is 6.76. The first-order valence-corrected chi connectivity index (χ1v) is 9.95. The Morgan fingerprint density at radius 2 is 1.62 bits per heavy atom. The highest BCUT2D eigenvalue weighted by atomic mass is 32.1. The summed E-state index contributed by atoms with van der Waals surface area (Å²) in [4.78, 5) is 31.0. The van der Waals surface area contributed by atoms with Crippen LogP contribution in [-0.2, 0) is 16.0 Å². The first kappa shape index (κ1) is 17.4. The minimum atomic E-state index is 0.206. The molecule has 132 valence electrons. The van der Waals surface area contributed by atoms with Gasteiger partial charge in [0.1, 0.15) is 0 Å². The number of amides is 2. The highest BCUT2D eigenvalue weighted by Gasteiger charge is 2.23. The van der Waals surface area contributed by atoms with Gasteiger partial charge >= 0.3 is 0 Å². The number of carbonyl (C=O) groups is 2. The number of carbonyl (C=O) groups excluding carboxylic acids is 2. The fourth-order valence-corrected chi connectivity index (χ4v) is 4.16. The Kier molecular flexibility index (Phi) is 6.26. The third-order valence-electron chi connectivity index (χ3n) is 4.94. The lowest BCUT2D eigenvalue weighted by atomic mass is 10.1. The molecule has 0 radical (unpaired) electrons. The molecule has 2 saturated heterocycles. The minimum Gasteiger partial charge on any atom is -0.342 e. The molecule has 2 aliphatic rings. The first-order valence-electron chi connectivity index (χ1n) is 9.01. The van der Waals surface area contributed by atoms with Crippen LogP contribution >= 0.6 is 11.3 Å². The number of likely N-dealkylation sites (tertiary alicyclic amines) is 1. The van der Waals surface area contributed by atoms with Gasteiger partial charge in [-0.3, -0.25) is 14.5 Å². The quantitative estimate of drug-likeness (QED) is 0.833. The molecule has 5 nitrogen and oxygen atoms in total. The van der Waals surface area contributed by atoms with Crippen LogP contribution in [0.2, 0.25) is 0 Å². The topological polar surface area (TPSA) is 43.9 Å². The van der Waals surface area contributed by atoms with Gasteiger partial charge in [-0.1, -0.05) is 0 Å². The molecule has 24 heavy (non-hydrogen) atoms. The molecule has 0 atom stereocenters. The van der Waals surface area contributed by atoms with Crippen molar-refractivity contribution in [2.75, 3.05) is 45.8 Å². The minimum absolute atomic E-state index is 0.206. The largest absolute Gasteiger partial charge is 0.342 e.